The van der Waals surface area contributed by atoms with E-state index in [4.69, 9.17) is 8.94 Å². The maximum Gasteiger partial charge on any atom is 0.248 e. The number of rotatable bonds is 6. The van der Waals surface area contributed by atoms with Gasteiger partial charge in [0, 0.05) is 24.7 Å². The van der Waals surface area contributed by atoms with Gasteiger partial charge < -0.3 is 14.3 Å². The zero-order chi connectivity index (χ0) is 23.6. The Hall–Kier alpha value is -3.17. The van der Waals surface area contributed by atoms with Crippen molar-refractivity contribution in [3.63, 3.8) is 0 Å². The summed E-state index contributed by atoms with van der Waals surface area (Å²) in [7, 11) is -3.83. The Kier molecular flexibility index (Phi) is 6.53. The van der Waals surface area contributed by atoms with E-state index in [1.54, 1.807) is 25.1 Å². The van der Waals surface area contributed by atoms with Gasteiger partial charge in [0.1, 0.15) is 11.5 Å². The molecule has 3 aromatic rings. The summed E-state index contributed by atoms with van der Waals surface area (Å²) in [5, 5.41) is 6.86. The van der Waals surface area contributed by atoms with Gasteiger partial charge >= 0.3 is 0 Å². The van der Waals surface area contributed by atoms with Crippen LogP contribution in [-0.2, 0) is 14.8 Å². The standard InChI is InChI=1S/C24H27N3O5S/c1-16-6-7-17(2)21(15-16)25-24(28)19-10-12-27(13-11-19)33(29,30)23-18(3)26-32-22(23)9-8-20-5-4-14-31-20/h4-9,14-15,19H,10-13H2,1-3H3,(H,25,28). The first kappa shape index (κ1) is 23.0. The summed E-state index contributed by atoms with van der Waals surface area (Å²) < 4.78 is 38.7. The van der Waals surface area contributed by atoms with Crippen LogP contribution >= 0.6 is 0 Å². The smallest absolute Gasteiger partial charge is 0.248 e. The zero-order valence-corrected chi connectivity index (χ0v) is 19.7. The highest BCUT2D eigenvalue weighted by atomic mass is 32.2. The van der Waals surface area contributed by atoms with Gasteiger partial charge in [-0.1, -0.05) is 17.3 Å². The number of nitrogens with one attached hydrogen (secondary N) is 1. The average molecular weight is 470 g/mol. The van der Waals surface area contributed by atoms with Crippen LogP contribution in [0.15, 0.2) is 50.4 Å². The van der Waals surface area contributed by atoms with Gasteiger partial charge in [-0.3, -0.25) is 4.79 Å². The second-order valence-corrected chi connectivity index (χ2v) is 10.2. The van der Waals surface area contributed by atoms with Gasteiger partial charge in [0.05, 0.1) is 6.26 Å². The molecule has 1 aromatic carbocycles. The number of furan rings is 1. The summed E-state index contributed by atoms with van der Waals surface area (Å²) in [6.07, 6.45) is 5.58. The average Bonchev–Trinajstić information content (AvgIpc) is 3.44. The largest absolute Gasteiger partial charge is 0.465 e. The van der Waals surface area contributed by atoms with Crippen LogP contribution in [0.3, 0.4) is 0 Å². The molecule has 33 heavy (non-hydrogen) atoms. The highest BCUT2D eigenvalue weighted by Crippen LogP contribution is 2.30. The Morgan fingerprint density at radius 1 is 1.15 bits per heavy atom. The minimum atomic E-state index is -3.83. The topological polar surface area (TPSA) is 106 Å². The van der Waals surface area contributed by atoms with Crippen LogP contribution in [-0.4, -0.2) is 36.9 Å². The Balaban J connectivity index is 1.45. The summed E-state index contributed by atoms with van der Waals surface area (Å²) in [4.78, 5) is 12.8. The molecule has 2 aromatic heterocycles. The Bertz CT molecular complexity index is 1270. The summed E-state index contributed by atoms with van der Waals surface area (Å²) in [6.45, 7) is 6.02. The van der Waals surface area contributed by atoms with Crippen molar-refractivity contribution in [1.82, 2.24) is 9.46 Å². The van der Waals surface area contributed by atoms with E-state index < -0.39 is 10.0 Å². The van der Waals surface area contributed by atoms with Crippen LogP contribution in [0.2, 0.25) is 0 Å². The fourth-order valence-corrected chi connectivity index (χ4v) is 5.66. The molecule has 4 rings (SSSR count). The number of nitrogens with zero attached hydrogens (tertiary/aromatic N) is 2. The highest BCUT2D eigenvalue weighted by molar-refractivity contribution is 7.89. The van der Waals surface area contributed by atoms with Crippen LogP contribution in [0.1, 0.15) is 41.2 Å². The maximum atomic E-state index is 13.4. The third kappa shape index (κ3) is 4.94. The number of aromatic nitrogens is 1. The third-order valence-corrected chi connectivity index (χ3v) is 7.91. The molecule has 0 atom stereocenters. The molecule has 174 valence electrons. The molecule has 0 unspecified atom stereocenters. The normalized spacial score (nSPS) is 15.8. The molecule has 1 fully saturated rings. The van der Waals surface area contributed by atoms with E-state index in [9.17, 15) is 13.2 Å². The lowest BCUT2D eigenvalue weighted by Crippen LogP contribution is -2.41. The molecule has 0 saturated carbocycles. The van der Waals surface area contributed by atoms with E-state index in [0.717, 1.165) is 16.8 Å². The summed E-state index contributed by atoms with van der Waals surface area (Å²) >= 11 is 0. The molecule has 1 N–H and O–H groups in total. The molecular formula is C24H27N3O5S. The quantitative estimate of drug-likeness (QED) is 0.574. The van der Waals surface area contributed by atoms with Crippen LogP contribution in [0.25, 0.3) is 12.2 Å². The van der Waals surface area contributed by atoms with Crippen LogP contribution < -0.4 is 5.32 Å². The number of anilines is 1. The molecule has 1 amide bonds. The molecule has 0 radical (unpaired) electrons. The van der Waals surface area contributed by atoms with Gasteiger partial charge in [0.15, 0.2) is 10.7 Å². The number of benzene rings is 1. The maximum absolute atomic E-state index is 13.4. The van der Waals surface area contributed by atoms with Crippen molar-refractivity contribution in [3.05, 3.63) is 64.9 Å². The monoisotopic (exact) mass is 469 g/mol. The second kappa shape index (κ2) is 9.36. The summed E-state index contributed by atoms with van der Waals surface area (Å²) in [5.41, 5.74) is 3.15. The van der Waals surface area contributed by atoms with Crippen LogP contribution in [0.5, 0.6) is 0 Å². The van der Waals surface area contributed by atoms with Crippen LogP contribution in [0.4, 0.5) is 5.69 Å². The Labute approximate surface area is 193 Å². The van der Waals surface area contributed by atoms with Crippen molar-refractivity contribution in [3.8, 4) is 0 Å². The first-order chi connectivity index (χ1) is 15.8. The second-order valence-electron chi connectivity index (χ2n) is 8.30. The number of aryl methyl sites for hydroxylation is 3. The van der Waals surface area contributed by atoms with Crippen molar-refractivity contribution < 1.29 is 22.2 Å². The molecule has 1 aliphatic heterocycles. The van der Waals surface area contributed by atoms with Gasteiger partial charge in [0.25, 0.3) is 0 Å². The van der Waals surface area contributed by atoms with Gasteiger partial charge in [-0.05, 0) is 75.1 Å². The predicted molar refractivity (Wildman–Crippen MR) is 125 cm³/mol. The lowest BCUT2D eigenvalue weighted by Gasteiger charge is -2.30. The van der Waals surface area contributed by atoms with Gasteiger partial charge in [0.2, 0.25) is 15.9 Å². The van der Waals surface area contributed by atoms with E-state index in [0.29, 0.717) is 24.3 Å². The van der Waals surface area contributed by atoms with E-state index in [1.807, 2.05) is 32.0 Å². The first-order valence-corrected chi connectivity index (χ1v) is 12.3. The molecule has 8 nitrogen and oxygen atoms in total. The molecule has 9 heteroatoms. The fraction of sp³-hybridized carbons (Fsp3) is 0.333. The summed E-state index contributed by atoms with van der Waals surface area (Å²) in [6, 6.07) is 9.41. The highest BCUT2D eigenvalue weighted by Gasteiger charge is 2.36. The van der Waals surface area contributed by atoms with Crippen molar-refractivity contribution in [2.75, 3.05) is 18.4 Å². The van der Waals surface area contributed by atoms with Crippen molar-refractivity contribution in [2.45, 2.75) is 38.5 Å². The zero-order valence-electron chi connectivity index (χ0n) is 18.9. The minimum absolute atomic E-state index is 0.0450. The number of hydrogen-bond acceptors (Lipinski definition) is 6. The number of carbonyl (C=O) groups is 1. The molecule has 1 aliphatic rings. The van der Waals surface area contributed by atoms with E-state index >= 15 is 0 Å². The molecule has 3 heterocycles. The lowest BCUT2D eigenvalue weighted by molar-refractivity contribution is -0.120. The lowest BCUT2D eigenvalue weighted by atomic mass is 9.97. The Morgan fingerprint density at radius 3 is 2.61 bits per heavy atom. The third-order valence-electron chi connectivity index (χ3n) is 5.85. The number of amides is 1. The molecular weight excluding hydrogens is 442 g/mol. The Morgan fingerprint density at radius 2 is 1.91 bits per heavy atom. The van der Waals surface area contributed by atoms with Crippen molar-refractivity contribution in [1.29, 1.82) is 0 Å². The molecule has 0 aliphatic carbocycles. The number of sulfonamides is 1. The summed E-state index contributed by atoms with van der Waals surface area (Å²) in [5.74, 6) is 0.393. The SMILES string of the molecule is Cc1ccc(C)c(NC(=O)C2CCN(S(=O)(=O)c3c(C)noc3C=Cc3ccco3)CC2)c1. The fourth-order valence-electron chi connectivity index (χ4n) is 3.94. The van der Waals surface area contributed by atoms with E-state index in [1.165, 1.54) is 16.6 Å². The van der Waals surface area contributed by atoms with Crippen molar-refractivity contribution >= 4 is 33.8 Å². The number of carbonyl (C=O) groups excluding carboxylic acids is 1. The number of piperidine rings is 1. The van der Waals surface area contributed by atoms with Gasteiger partial charge in [-0.2, -0.15) is 4.31 Å². The molecule has 0 bridgehead atoms. The minimum Gasteiger partial charge on any atom is -0.465 e. The first-order valence-electron chi connectivity index (χ1n) is 10.8. The van der Waals surface area contributed by atoms with E-state index in [-0.39, 0.29) is 35.6 Å². The molecule has 0 spiro atoms. The van der Waals surface area contributed by atoms with Gasteiger partial charge in [-0.25, -0.2) is 8.42 Å². The van der Waals surface area contributed by atoms with Crippen LogP contribution in [0, 0.1) is 26.7 Å². The molecule has 1 saturated heterocycles. The van der Waals surface area contributed by atoms with E-state index in [2.05, 4.69) is 10.5 Å². The predicted octanol–water partition coefficient (Wildman–Crippen LogP) is 4.40. The number of hydrogen-bond donors (Lipinski definition) is 1. The van der Waals surface area contributed by atoms with Crippen molar-refractivity contribution in [2.24, 2.45) is 5.92 Å². The van der Waals surface area contributed by atoms with Gasteiger partial charge in [-0.15, -0.1) is 0 Å².